The van der Waals surface area contributed by atoms with Crippen molar-refractivity contribution in [2.75, 3.05) is 0 Å². The number of ether oxygens (including phenoxy) is 1. The minimum Gasteiger partial charge on any atom is -0.744 e. The van der Waals surface area contributed by atoms with Gasteiger partial charge in [0.1, 0.15) is 44.3 Å². The molecule has 0 saturated heterocycles. The molecule has 0 amide bonds. The van der Waals surface area contributed by atoms with Gasteiger partial charge in [-0.25, -0.2) is 34.8 Å². The molecule has 7 saturated carbocycles. The Morgan fingerprint density at radius 3 is 0.892 bits per heavy atom. The van der Waals surface area contributed by atoms with Crippen LogP contribution in [0.4, 0.5) is 74.6 Å². The van der Waals surface area contributed by atoms with Gasteiger partial charge in [0.2, 0.25) is 0 Å². The fourth-order valence-corrected chi connectivity index (χ4v) is 28.7. The van der Waals surface area contributed by atoms with E-state index < -0.39 is 95.4 Å². The number of carbonyl (C=O) groups excluding carboxylic acids is 1. The van der Waals surface area contributed by atoms with Crippen LogP contribution in [0.3, 0.4) is 0 Å². The molecule has 148 heavy (non-hydrogen) atoms. The number of phenolic OH excluding ortho intramolecular Hbond substituents is 1. The molecule has 32 heteroatoms. The molecule has 7 fully saturated rings. The number of fused-ring (bicyclic) bond motifs is 9. The molecule has 1 N–H and O–H groups in total. The molecule has 4 bridgehead atoms. The molecule has 7 aliphatic rings. The van der Waals surface area contributed by atoms with Crippen LogP contribution in [-0.2, 0) is 99.8 Å². The SMILES string of the molecule is Cc1cc(C(F)(F)F)cc(C(F)(F)F)c1.Cc1cc(C(F)(F)F)cc(C(F)(F)F)c1.Fc1ccc([S+](c2ccc(F)cc2)c2ccc(F)cc2)cc1.O=C(OC1CC2CC1C1C3CCC(C3)C21)C(F)(F)S(=O)(=O)[O-].O=S(=O)([O-])c1c(C2CCCCC2)cc(C2CCCCC2)cc1C1CCCCC1.Oc1ccc([S+](c2ccccc2)c2ccccc2)cc1.[SH2+]c1ccccc1.c1ccc([S+](c2ccccc2)c2ccccc2)cc1. The monoisotopic (exact) mass is 2160 g/mol. The third kappa shape index (κ3) is 31.2. The third-order valence-electron chi connectivity index (χ3n) is 27.4. The van der Waals surface area contributed by atoms with Crippen molar-refractivity contribution in [1.82, 2.24) is 0 Å². The van der Waals surface area contributed by atoms with Gasteiger partial charge in [-0.05, 0) is 384 Å². The first-order valence-electron chi connectivity index (χ1n) is 48.8. The second-order valence-electron chi connectivity index (χ2n) is 37.7. The van der Waals surface area contributed by atoms with Crippen molar-refractivity contribution in [3.05, 3.63) is 395 Å². The van der Waals surface area contributed by atoms with Crippen molar-refractivity contribution in [3.63, 3.8) is 0 Å². The highest BCUT2D eigenvalue weighted by molar-refractivity contribution is 7.97. The van der Waals surface area contributed by atoms with Gasteiger partial charge >= 0.3 is 35.9 Å². The summed E-state index contributed by atoms with van der Waals surface area (Å²) in [7, 11) is -11.2. The van der Waals surface area contributed by atoms with Crippen LogP contribution in [0, 0.1) is 66.8 Å². The van der Waals surface area contributed by atoms with E-state index in [1.54, 1.807) is 48.5 Å². The molecule has 0 radical (unpaired) electrons. The Morgan fingerprint density at radius 1 is 0.338 bits per heavy atom. The van der Waals surface area contributed by atoms with Gasteiger partial charge in [0.05, 0.1) is 59.8 Å². The molecule has 9 nitrogen and oxygen atoms in total. The first kappa shape index (κ1) is 114. The standard InChI is InChI=1S/C24H36O3S.C18H12F3S.C18H14OS.C18H15S.C14H18F2O5S.2C9H6F6.C6H6S/c25-28(26,27)24-22(19-12-6-2-7-13-19)16-21(18-10-4-1-5-11-18)17-23(24)20-14-8-3-9-15-20;19-13-1-7-16(8-2-13)22(17-9-3-14(20)4-10-17)18-11-5-15(21)6-12-18;19-15-11-13-18(14-12-15)20(16-7-3-1-4-8-16)17-9-5-2-6-10-17;1-4-10-16(11-5-1)19(17-12-6-2-7-13-17)18-14-8-3-9-15-18;15-14(16,22(18,19)20)13(17)21-10-5-8-4-9(10)12-7-2-1-6(3-7)11(8)12;2*1-5-2-6(8(10,11)12)4-7(3-5)9(13,14)15;7-6-4-2-1-3-5-6/h16-20H,1-15H2,(H,25,26,27);1-12H;1-14H;1-15H;6-12H,1-5H2,(H,18,19,20);2*2-4H,1H3;1-5,7H/q;+1;;+1;;;;. The number of hydrogen-bond acceptors (Lipinski definition) is 9. The minimum absolute atomic E-state index is 0.0146. The van der Waals surface area contributed by atoms with Crippen molar-refractivity contribution < 1.29 is 115 Å². The normalized spacial score (nSPS) is 18.8. The number of rotatable bonds is 16. The third-order valence-corrected chi connectivity index (χ3v) is 36.2. The Balaban J connectivity index is 0.000000144. The van der Waals surface area contributed by atoms with Crippen LogP contribution < -0.4 is 0 Å². The quantitative estimate of drug-likeness (QED) is 0.0326. The number of alkyl halides is 14. The van der Waals surface area contributed by atoms with Gasteiger partial charge in [-0.2, -0.15) is 61.5 Å². The van der Waals surface area contributed by atoms with Crippen LogP contribution in [0.1, 0.15) is 196 Å². The lowest BCUT2D eigenvalue weighted by Crippen LogP contribution is -2.44. The first-order chi connectivity index (χ1) is 70.3. The van der Waals surface area contributed by atoms with E-state index in [9.17, 15) is 110 Å². The van der Waals surface area contributed by atoms with Crippen LogP contribution in [0.15, 0.2) is 381 Å². The smallest absolute Gasteiger partial charge is 0.428 e. The van der Waals surface area contributed by atoms with E-state index in [1.165, 1.54) is 143 Å². The maximum absolute atomic E-state index is 13.3. The highest BCUT2D eigenvalue weighted by atomic mass is 32.2. The predicted molar refractivity (Wildman–Crippen MR) is 544 cm³/mol. The van der Waals surface area contributed by atoms with Gasteiger partial charge in [-0.1, -0.05) is 179 Å². The number of phenols is 1. The topological polar surface area (TPSA) is 161 Å². The Morgan fingerprint density at radius 2 is 0.615 bits per heavy atom. The predicted octanol–water partition coefficient (Wildman–Crippen LogP) is 32.1. The largest absolute Gasteiger partial charge is 0.744 e. The molecule has 7 unspecified atom stereocenters. The molecule has 7 aliphatic carbocycles. The summed E-state index contributed by atoms with van der Waals surface area (Å²) < 4.78 is 286. The summed E-state index contributed by atoms with van der Waals surface area (Å²) in [5, 5.41) is 4.49. The molecule has 0 aliphatic heterocycles. The maximum Gasteiger partial charge on any atom is 0.428 e. The number of carbonyl (C=O) groups is 1. The summed E-state index contributed by atoms with van der Waals surface area (Å²) in [6, 6.07) is 96.3. The highest BCUT2D eigenvalue weighted by Crippen LogP contribution is 2.68. The Bertz CT molecular complexity index is 6230. The fraction of sp³-hybridized carbons (Fsp3) is 0.319. The fourth-order valence-electron chi connectivity index (χ4n) is 21.0. The maximum atomic E-state index is 13.3. The van der Waals surface area contributed by atoms with Crippen LogP contribution in [-0.4, -0.2) is 48.4 Å². The van der Waals surface area contributed by atoms with Crippen molar-refractivity contribution in [2.45, 2.75) is 250 Å². The van der Waals surface area contributed by atoms with E-state index in [-0.39, 0.29) is 85.2 Å². The van der Waals surface area contributed by atoms with Crippen LogP contribution in [0.2, 0.25) is 0 Å². The molecule has 20 rings (SSSR count). The van der Waals surface area contributed by atoms with Gasteiger partial charge in [-0.3, -0.25) is 0 Å². The van der Waals surface area contributed by atoms with Crippen molar-refractivity contribution in [1.29, 1.82) is 0 Å². The molecular weight excluding hydrogens is 2050 g/mol. The molecule has 0 heterocycles. The molecule has 784 valence electrons. The van der Waals surface area contributed by atoms with Crippen molar-refractivity contribution >= 4 is 71.5 Å². The van der Waals surface area contributed by atoms with E-state index in [0.29, 0.717) is 66.0 Å². The average Bonchev–Trinajstić information content (AvgIpc) is 1.56. The Hall–Kier alpha value is -10.8. The van der Waals surface area contributed by atoms with E-state index in [1.807, 2.05) is 54.6 Å². The van der Waals surface area contributed by atoms with E-state index in [4.69, 9.17) is 4.74 Å². The number of benzene rings is 13. The lowest BCUT2D eigenvalue weighted by atomic mass is 9.70. The number of aryl methyl sites for hydroxylation is 2. The summed E-state index contributed by atoms with van der Waals surface area (Å²) in [5.74, 6) is 1.01. The lowest BCUT2D eigenvalue weighted by molar-refractivity contribution is -0.172. The Kier molecular flexibility index (Phi) is 39.6. The zero-order chi connectivity index (χ0) is 106. The van der Waals surface area contributed by atoms with E-state index in [2.05, 4.69) is 164 Å². The van der Waals surface area contributed by atoms with Gasteiger partial charge in [-0.15, -0.1) is 0 Å². The number of esters is 1. The molecule has 7 atom stereocenters. The molecular formula is C116H113F17O9S6+2. The minimum atomic E-state index is -6.04. The molecule has 13 aromatic carbocycles. The van der Waals surface area contributed by atoms with E-state index in [0.717, 1.165) is 101 Å². The number of hydrogen-bond donors (Lipinski definition) is 1. The second kappa shape index (κ2) is 51.3. The lowest BCUT2D eigenvalue weighted by Gasteiger charge is -2.38. The summed E-state index contributed by atoms with van der Waals surface area (Å²) >= 11 is 3.36. The first-order valence-corrected chi connectivity index (χ1v) is 55.8. The van der Waals surface area contributed by atoms with Crippen molar-refractivity contribution in [3.8, 4) is 5.75 Å². The zero-order valence-electron chi connectivity index (χ0n) is 80.8. The van der Waals surface area contributed by atoms with Gasteiger partial charge in [0, 0.05) is 0 Å². The van der Waals surface area contributed by atoms with Crippen molar-refractivity contribution in [2.24, 2.45) is 35.5 Å². The van der Waals surface area contributed by atoms with Crippen LogP contribution >= 0.6 is 0 Å². The average molecular weight is 2170 g/mol. The Labute approximate surface area is 867 Å². The highest BCUT2D eigenvalue weighted by Gasteiger charge is 2.64. The summed E-state index contributed by atoms with van der Waals surface area (Å²) in [4.78, 5) is 23.3. The summed E-state index contributed by atoms with van der Waals surface area (Å²) in [6.07, 6.45) is 2.71. The molecule has 0 spiro atoms. The second-order valence-corrected chi connectivity index (χ2v) is 47.1. The summed E-state index contributed by atoms with van der Waals surface area (Å²) in [6.45, 7) is 2.37. The zero-order valence-corrected chi connectivity index (χ0v) is 85.9. The van der Waals surface area contributed by atoms with Gasteiger partial charge < -0.3 is 18.9 Å². The van der Waals surface area contributed by atoms with Crippen LogP contribution in [0.5, 0.6) is 5.75 Å². The molecule has 13 aromatic rings. The van der Waals surface area contributed by atoms with E-state index >= 15 is 0 Å². The molecule has 0 aromatic heterocycles. The number of aromatic hydroxyl groups is 1. The van der Waals surface area contributed by atoms with Gasteiger partial charge in [0.25, 0.3) is 0 Å². The summed E-state index contributed by atoms with van der Waals surface area (Å²) in [5.41, 5.74) is -2.17. The number of halogens is 17. The van der Waals surface area contributed by atoms with Gasteiger partial charge in [0.15, 0.2) is 54.2 Å². The van der Waals surface area contributed by atoms with Crippen LogP contribution in [0.25, 0.3) is 0 Å².